The van der Waals surface area contributed by atoms with Gasteiger partial charge in [-0.1, -0.05) is 69.6 Å². The normalized spacial score (nSPS) is 15.7. The third-order valence-electron chi connectivity index (χ3n) is 2.68. The first-order valence-corrected chi connectivity index (χ1v) is 9.43. The largest absolute Gasteiger partial charge is 0.453 e. The van der Waals surface area contributed by atoms with Gasteiger partial charge in [0.15, 0.2) is 6.10 Å². The Balaban J connectivity index is 5.95. The summed E-state index contributed by atoms with van der Waals surface area (Å²) < 4.78 is 13.4. The number of halogens is 6. The van der Waals surface area contributed by atoms with E-state index in [9.17, 15) is 29.4 Å². The van der Waals surface area contributed by atoms with E-state index in [4.69, 9.17) is 74.7 Å². The SMILES string of the molecule is O=C(OC(=O)[C@H](OC(=O)C(Cl)Cl)[C@@H](OC(=O)C(Cl)Cl)[C@H](O)[C@H](O)CO)C(Cl)Cl. The Morgan fingerprint density at radius 3 is 1.54 bits per heavy atom. The predicted molar refractivity (Wildman–Crippen MR) is 96.4 cm³/mol. The van der Waals surface area contributed by atoms with Crippen LogP contribution in [0.5, 0.6) is 0 Å². The van der Waals surface area contributed by atoms with E-state index in [1.165, 1.54) is 0 Å². The molecule has 0 bridgehead atoms. The van der Waals surface area contributed by atoms with Gasteiger partial charge in [-0.3, -0.25) is 0 Å². The first-order chi connectivity index (χ1) is 12.8. The number of carbonyl (C=O) groups is 4. The van der Waals surface area contributed by atoms with Crippen molar-refractivity contribution < 1.29 is 48.7 Å². The van der Waals surface area contributed by atoms with Crippen LogP contribution in [-0.4, -0.2) is 84.7 Å². The molecule has 0 amide bonds. The lowest BCUT2D eigenvalue weighted by Gasteiger charge is -2.30. The van der Waals surface area contributed by atoms with E-state index >= 15 is 0 Å². The van der Waals surface area contributed by atoms with Gasteiger partial charge in [-0.25, -0.2) is 19.2 Å². The minimum Gasteiger partial charge on any atom is -0.453 e. The van der Waals surface area contributed by atoms with Crippen LogP contribution in [0.4, 0.5) is 0 Å². The lowest BCUT2D eigenvalue weighted by molar-refractivity contribution is -0.196. The summed E-state index contributed by atoms with van der Waals surface area (Å²) in [5, 5.41) is 28.6. The Morgan fingerprint density at radius 2 is 1.14 bits per heavy atom. The predicted octanol–water partition coefficient (Wildman–Crippen LogP) is 0.00500. The molecule has 0 aliphatic heterocycles. The number of hydrogen-bond donors (Lipinski definition) is 3. The highest BCUT2D eigenvalue weighted by Gasteiger charge is 2.45. The molecular formula is C12H12Cl6O10. The molecule has 0 aromatic heterocycles. The van der Waals surface area contributed by atoms with Gasteiger partial charge in [0.2, 0.25) is 20.6 Å². The van der Waals surface area contributed by atoms with Crippen molar-refractivity contribution >= 4 is 93.5 Å². The summed E-state index contributed by atoms with van der Waals surface area (Å²) >= 11 is 31.6. The molecular weight excluding hydrogens is 517 g/mol. The van der Waals surface area contributed by atoms with E-state index in [1.54, 1.807) is 0 Å². The second-order valence-electron chi connectivity index (χ2n) is 4.64. The molecule has 3 N–H and O–H groups in total. The molecule has 0 saturated carbocycles. The topological polar surface area (TPSA) is 157 Å². The average Bonchev–Trinajstić information content (AvgIpc) is 2.61. The monoisotopic (exact) mass is 526 g/mol. The number of hydrogen-bond acceptors (Lipinski definition) is 10. The minimum atomic E-state index is -2.43. The quantitative estimate of drug-likeness (QED) is 0.153. The molecule has 0 radical (unpaired) electrons. The zero-order valence-corrected chi connectivity index (χ0v) is 17.8. The van der Waals surface area contributed by atoms with Gasteiger partial charge in [-0.2, -0.15) is 0 Å². The second-order valence-corrected chi connectivity index (χ2v) is 7.93. The molecule has 0 rings (SSSR count). The van der Waals surface area contributed by atoms with Crippen molar-refractivity contribution in [2.45, 2.75) is 38.9 Å². The summed E-state index contributed by atoms with van der Waals surface area (Å²) in [4.78, 5) is 41.3. The lowest BCUT2D eigenvalue weighted by atomic mass is 10.0. The van der Waals surface area contributed by atoms with Crippen molar-refractivity contribution in [2.24, 2.45) is 0 Å². The maximum Gasteiger partial charge on any atom is 0.359 e. The highest BCUT2D eigenvalue weighted by atomic mass is 35.5. The summed E-state index contributed by atoms with van der Waals surface area (Å²) in [5.74, 6) is -6.22. The fourth-order valence-electron chi connectivity index (χ4n) is 1.45. The number of alkyl halides is 6. The van der Waals surface area contributed by atoms with Crippen molar-refractivity contribution in [1.82, 2.24) is 0 Å². The van der Waals surface area contributed by atoms with E-state index < -0.39 is 69.4 Å². The fourth-order valence-corrected chi connectivity index (χ4v) is 1.75. The van der Waals surface area contributed by atoms with Crippen LogP contribution in [0.25, 0.3) is 0 Å². The van der Waals surface area contributed by atoms with E-state index in [2.05, 4.69) is 14.2 Å². The van der Waals surface area contributed by atoms with E-state index in [0.29, 0.717) is 0 Å². The standard InChI is InChI=1S/C12H12Cl6O10/c13-6(14)10(23)26-4(3(21)2(20)1-19)5(27-11(24)7(15)16)9(22)28-12(25)8(17)18/h2-8,19-21H,1H2/t2-,3-,4+,5-/m1/s1. The van der Waals surface area contributed by atoms with Crippen molar-refractivity contribution in [1.29, 1.82) is 0 Å². The van der Waals surface area contributed by atoms with Crippen molar-refractivity contribution in [2.75, 3.05) is 6.61 Å². The Bertz CT molecular complexity index is 571. The van der Waals surface area contributed by atoms with Gasteiger partial charge in [-0.05, 0) is 0 Å². The van der Waals surface area contributed by atoms with E-state index in [1.807, 2.05) is 0 Å². The van der Waals surface area contributed by atoms with Crippen molar-refractivity contribution in [3.05, 3.63) is 0 Å². The smallest absolute Gasteiger partial charge is 0.359 e. The van der Waals surface area contributed by atoms with Crippen LogP contribution in [0.2, 0.25) is 0 Å². The van der Waals surface area contributed by atoms with Crippen LogP contribution in [0.15, 0.2) is 0 Å². The van der Waals surface area contributed by atoms with Crippen LogP contribution in [0.3, 0.4) is 0 Å². The Morgan fingerprint density at radius 1 is 0.714 bits per heavy atom. The molecule has 0 aliphatic carbocycles. The first-order valence-electron chi connectivity index (χ1n) is 6.81. The zero-order chi connectivity index (χ0) is 22.2. The summed E-state index contributed by atoms with van der Waals surface area (Å²) in [7, 11) is 0. The number of carbonyl (C=O) groups excluding carboxylic acids is 4. The molecule has 16 heteroatoms. The third-order valence-corrected chi connectivity index (χ3v) is 3.75. The molecule has 162 valence electrons. The maximum absolute atomic E-state index is 12.2. The van der Waals surface area contributed by atoms with Gasteiger partial charge in [0.1, 0.15) is 12.2 Å². The van der Waals surface area contributed by atoms with Gasteiger partial charge in [0, 0.05) is 0 Å². The molecule has 0 unspecified atom stereocenters. The summed E-state index contributed by atoms with van der Waals surface area (Å²) in [5.41, 5.74) is 0. The molecule has 0 aliphatic rings. The van der Waals surface area contributed by atoms with Crippen LogP contribution < -0.4 is 0 Å². The Hall–Kier alpha value is -0.300. The fraction of sp³-hybridized carbons (Fsp3) is 0.667. The number of rotatable bonds is 10. The molecule has 28 heavy (non-hydrogen) atoms. The second kappa shape index (κ2) is 13.1. The summed E-state index contributed by atoms with van der Waals surface area (Å²) in [6.07, 6.45) is -9.01. The van der Waals surface area contributed by atoms with Gasteiger partial charge in [0.25, 0.3) is 0 Å². The highest BCUT2D eigenvalue weighted by molar-refractivity contribution is 6.54. The van der Waals surface area contributed by atoms with E-state index in [0.717, 1.165) is 0 Å². The Labute approximate surface area is 187 Å². The highest BCUT2D eigenvalue weighted by Crippen LogP contribution is 2.20. The maximum atomic E-state index is 12.2. The Kier molecular flexibility index (Phi) is 13.0. The molecule has 0 heterocycles. The molecule has 4 atom stereocenters. The molecule has 0 aromatic rings. The number of ether oxygens (including phenoxy) is 3. The van der Waals surface area contributed by atoms with Crippen LogP contribution in [-0.2, 0) is 33.4 Å². The molecule has 0 saturated heterocycles. The van der Waals surface area contributed by atoms with Crippen molar-refractivity contribution in [3.63, 3.8) is 0 Å². The molecule has 10 nitrogen and oxygen atoms in total. The molecule has 0 fully saturated rings. The number of aliphatic hydroxyl groups excluding tert-OH is 3. The van der Waals surface area contributed by atoms with Gasteiger partial charge < -0.3 is 29.5 Å². The zero-order valence-electron chi connectivity index (χ0n) is 13.2. The number of esters is 4. The van der Waals surface area contributed by atoms with E-state index in [-0.39, 0.29) is 0 Å². The molecule has 0 aromatic carbocycles. The van der Waals surface area contributed by atoms with Crippen LogP contribution in [0, 0.1) is 0 Å². The van der Waals surface area contributed by atoms with Gasteiger partial charge >= 0.3 is 23.9 Å². The third kappa shape index (κ3) is 9.02. The average molecular weight is 529 g/mol. The van der Waals surface area contributed by atoms with Crippen LogP contribution >= 0.6 is 69.6 Å². The minimum absolute atomic E-state index is 1.09. The lowest BCUT2D eigenvalue weighted by Crippen LogP contribution is -2.54. The summed E-state index contributed by atoms with van der Waals surface area (Å²) in [6.45, 7) is -1.09. The van der Waals surface area contributed by atoms with Crippen molar-refractivity contribution in [3.8, 4) is 0 Å². The van der Waals surface area contributed by atoms with Gasteiger partial charge in [0.05, 0.1) is 6.61 Å². The summed E-state index contributed by atoms with van der Waals surface area (Å²) in [6, 6.07) is 0. The van der Waals surface area contributed by atoms with Crippen LogP contribution in [0.1, 0.15) is 0 Å². The van der Waals surface area contributed by atoms with Gasteiger partial charge in [-0.15, -0.1) is 0 Å². The number of aliphatic hydroxyl groups is 3. The first kappa shape index (κ1) is 27.7. The molecule has 0 spiro atoms.